The highest BCUT2D eigenvalue weighted by molar-refractivity contribution is 5.89. The monoisotopic (exact) mass is 929 g/mol. The topological polar surface area (TPSA) is 167 Å². The molecule has 1 aliphatic rings. The fourth-order valence-corrected chi connectivity index (χ4v) is 6.37. The van der Waals surface area contributed by atoms with Crippen LogP contribution in [0.5, 0.6) is 0 Å². The van der Waals surface area contributed by atoms with Crippen LogP contribution >= 0.6 is 0 Å². The van der Waals surface area contributed by atoms with Crippen molar-refractivity contribution in [2.24, 2.45) is 0 Å². The summed E-state index contributed by atoms with van der Waals surface area (Å²) in [5.74, 6) is -0.329. The molecule has 0 radical (unpaired) electrons. The summed E-state index contributed by atoms with van der Waals surface area (Å²) in [4.78, 5) is 26.0. The van der Waals surface area contributed by atoms with Crippen molar-refractivity contribution in [3.05, 3.63) is 95.6 Å². The number of esters is 1. The lowest BCUT2D eigenvalue weighted by Gasteiger charge is -2.19. The summed E-state index contributed by atoms with van der Waals surface area (Å²) in [6.45, 7) is 11.8. The van der Waals surface area contributed by atoms with Crippen molar-refractivity contribution >= 4 is 12.1 Å². The van der Waals surface area contributed by atoms with Gasteiger partial charge in [-0.15, -0.1) is 0 Å². The average Bonchev–Trinajstić information content (AvgIpc) is 3.67. The number of amides is 1. The molecular weight excluding hydrogens is 859 g/mol. The fraction of sp³-hybridized carbons (Fsp3) is 0.592. The predicted octanol–water partition coefficient (Wildman–Crippen LogP) is 4.92. The lowest BCUT2D eigenvalue weighted by atomic mass is 9.98. The van der Waals surface area contributed by atoms with Crippen LogP contribution in [-0.2, 0) is 66.3 Å². The van der Waals surface area contributed by atoms with Gasteiger partial charge in [-0.3, -0.25) is 0 Å². The Bertz CT molecular complexity index is 1620. The summed E-state index contributed by atoms with van der Waals surface area (Å²) in [5, 5.41) is 0. The number of benzene rings is 3. The lowest BCUT2D eigenvalue weighted by Crippen LogP contribution is -2.32. The van der Waals surface area contributed by atoms with Crippen molar-refractivity contribution < 1.29 is 75.9 Å². The molecular formula is C49H71NO16. The van der Waals surface area contributed by atoms with Crippen LogP contribution < -0.4 is 0 Å². The summed E-state index contributed by atoms with van der Waals surface area (Å²) in [7, 11) is 1.71. The molecule has 3 aromatic rings. The van der Waals surface area contributed by atoms with Crippen molar-refractivity contribution in [3.63, 3.8) is 0 Å². The summed E-state index contributed by atoms with van der Waals surface area (Å²) >= 11 is 0. The van der Waals surface area contributed by atoms with E-state index in [1.54, 1.807) is 31.3 Å². The van der Waals surface area contributed by atoms with E-state index < -0.39 is 0 Å². The van der Waals surface area contributed by atoms with E-state index in [4.69, 9.17) is 66.3 Å². The van der Waals surface area contributed by atoms with Crippen LogP contribution in [-0.4, -0.2) is 202 Å². The Kier molecular flexibility index (Phi) is 30.5. The Balaban J connectivity index is 0.763. The number of likely N-dealkylation sites (N-methyl/N-ethyl adjacent to an activating group) is 1. The number of hydrogen-bond acceptors (Lipinski definition) is 16. The van der Waals surface area contributed by atoms with E-state index in [-0.39, 0.29) is 24.6 Å². The molecule has 3 aromatic carbocycles. The first-order valence-electron chi connectivity index (χ1n) is 22.9. The maximum absolute atomic E-state index is 12.6. The van der Waals surface area contributed by atoms with Gasteiger partial charge in [0.25, 0.3) is 0 Å². The third kappa shape index (κ3) is 24.1. The summed E-state index contributed by atoms with van der Waals surface area (Å²) in [5.41, 5.74) is 5.30. The van der Waals surface area contributed by atoms with Gasteiger partial charge in [-0.1, -0.05) is 66.7 Å². The van der Waals surface area contributed by atoms with Gasteiger partial charge in [0.05, 0.1) is 164 Å². The third-order valence-electron chi connectivity index (χ3n) is 9.78. The molecule has 0 bridgehead atoms. The minimum absolute atomic E-state index is 0.0322. The zero-order valence-corrected chi connectivity index (χ0v) is 38.7. The van der Waals surface area contributed by atoms with E-state index in [2.05, 4.69) is 24.3 Å². The molecule has 0 unspecified atom stereocenters. The quantitative estimate of drug-likeness (QED) is 0.0554. The minimum Gasteiger partial charge on any atom is -0.460 e. The first-order chi connectivity index (χ1) is 32.6. The molecule has 4 rings (SSSR count). The average molecular weight is 930 g/mol. The molecule has 0 aliphatic heterocycles. The number of carbonyl (C=O) groups excluding carboxylic acids is 2. The molecule has 0 heterocycles. The highest BCUT2D eigenvalue weighted by atomic mass is 16.6. The second kappa shape index (κ2) is 37.0. The molecule has 0 atom stereocenters. The highest BCUT2D eigenvalue weighted by Gasteiger charge is 2.29. The number of hydrogen-bond donors (Lipinski definition) is 0. The molecule has 0 spiro atoms. The first kappa shape index (κ1) is 54.5. The molecule has 17 nitrogen and oxygen atoms in total. The van der Waals surface area contributed by atoms with Gasteiger partial charge >= 0.3 is 12.1 Å². The van der Waals surface area contributed by atoms with Crippen molar-refractivity contribution in [2.45, 2.75) is 5.92 Å². The van der Waals surface area contributed by atoms with Gasteiger partial charge in [0.15, 0.2) is 0 Å². The SMILES string of the molecule is CN(CCOCCOCCOCCOCCOCCOCCOCCOCCOCCOCCOCCOCCOC(=O)c1ccccc1)C(=O)OCC1c2ccccc2-c2ccccc21. The summed E-state index contributed by atoms with van der Waals surface area (Å²) in [6.07, 6.45) is -0.369. The van der Waals surface area contributed by atoms with Gasteiger partial charge in [-0.2, -0.15) is 0 Å². The van der Waals surface area contributed by atoms with Gasteiger partial charge in [-0.05, 0) is 34.4 Å². The van der Waals surface area contributed by atoms with Crippen molar-refractivity contribution in [1.82, 2.24) is 4.90 Å². The van der Waals surface area contributed by atoms with E-state index in [9.17, 15) is 9.59 Å². The fourth-order valence-electron chi connectivity index (χ4n) is 6.37. The van der Waals surface area contributed by atoms with Gasteiger partial charge in [0, 0.05) is 19.5 Å². The molecule has 66 heavy (non-hydrogen) atoms. The molecule has 0 fully saturated rings. The zero-order valence-electron chi connectivity index (χ0n) is 38.7. The van der Waals surface area contributed by atoms with Crippen LogP contribution in [0.25, 0.3) is 11.1 Å². The van der Waals surface area contributed by atoms with Crippen molar-refractivity contribution in [2.75, 3.05) is 185 Å². The molecule has 368 valence electrons. The zero-order chi connectivity index (χ0) is 46.4. The predicted molar refractivity (Wildman–Crippen MR) is 244 cm³/mol. The number of rotatable bonds is 42. The number of fused-ring (bicyclic) bond motifs is 3. The highest BCUT2D eigenvalue weighted by Crippen LogP contribution is 2.44. The normalized spacial score (nSPS) is 12.0. The maximum Gasteiger partial charge on any atom is 0.409 e. The second-order valence-corrected chi connectivity index (χ2v) is 14.6. The standard InChI is InChI=1S/C49H71NO16/c1-50(49(52)66-41-47-45-13-7-5-11-43(45)44-12-6-8-14-46(44)47)15-16-53-17-18-54-19-20-55-21-22-56-23-24-57-25-26-58-27-28-59-29-30-60-31-32-61-33-34-62-35-36-63-37-38-64-39-40-65-48(51)42-9-3-2-4-10-42/h2-14,47H,15-41H2,1H3. The second-order valence-electron chi connectivity index (χ2n) is 14.6. The number of nitrogens with zero attached hydrogens (tertiary/aromatic N) is 1. The Morgan fingerprint density at radius 1 is 0.379 bits per heavy atom. The van der Waals surface area contributed by atoms with Crippen LogP contribution in [0, 0.1) is 0 Å². The van der Waals surface area contributed by atoms with Crippen LogP contribution in [0.1, 0.15) is 27.4 Å². The third-order valence-corrected chi connectivity index (χ3v) is 9.78. The molecule has 0 aromatic heterocycles. The van der Waals surface area contributed by atoms with E-state index in [1.165, 1.54) is 27.2 Å². The van der Waals surface area contributed by atoms with Gasteiger partial charge in [0.2, 0.25) is 0 Å². The van der Waals surface area contributed by atoms with Crippen LogP contribution in [0.2, 0.25) is 0 Å². The molecule has 0 saturated heterocycles. The molecule has 17 heteroatoms. The van der Waals surface area contributed by atoms with Gasteiger partial charge in [-0.25, -0.2) is 9.59 Å². The van der Waals surface area contributed by atoms with E-state index in [0.717, 1.165) is 0 Å². The number of carbonyl (C=O) groups is 2. The Hall–Kier alpha value is -4.08. The molecule has 1 aliphatic carbocycles. The van der Waals surface area contributed by atoms with E-state index in [0.29, 0.717) is 177 Å². The Morgan fingerprint density at radius 3 is 1.05 bits per heavy atom. The summed E-state index contributed by atoms with van der Waals surface area (Å²) < 4.78 is 77.0. The Morgan fingerprint density at radius 2 is 0.682 bits per heavy atom. The molecule has 0 saturated carbocycles. The van der Waals surface area contributed by atoms with Crippen LogP contribution in [0.4, 0.5) is 4.79 Å². The van der Waals surface area contributed by atoms with Crippen LogP contribution in [0.15, 0.2) is 78.9 Å². The maximum atomic E-state index is 12.6. The minimum atomic E-state index is -0.369. The molecule has 0 N–H and O–H groups in total. The van der Waals surface area contributed by atoms with Gasteiger partial charge < -0.3 is 71.2 Å². The summed E-state index contributed by atoms with van der Waals surface area (Å²) in [6, 6.07) is 25.4. The Labute approximate surface area is 390 Å². The molecule has 1 amide bonds. The van der Waals surface area contributed by atoms with E-state index >= 15 is 0 Å². The van der Waals surface area contributed by atoms with Crippen molar-refractivity contribution in [1.29, 1.82) is 0 Å². The lowest BCUT2D eigenvalue weighted by molar-refractivity contribution is -0.0288. The smallest absolute Gasteiger partial charge is 0.409 e. The van der Waals surface area contributed by atoms with E-state index in [1.807, 2.05) is 30.3 Å². The first-order valence-corrected chi connectivity index (χ1v) is 22.9. The van der Waals surface area contributed by atoms with Crippen molar-refractivity contribution in [3.8, 4) is 11.1 Å². The number of ether oxygens (including phenoxy) is 14. The van der Waals surface area contributed by atoms with Gasteiger partial charge in [0.1, 0.15) is 13.2 Å². The van der Waals surface area contributed by atoms with Crippen LogP contribution in [0.3, 0.4) is 0 Å². The largest absolute Gasteiger partial charge is 0.460 e.